The van der Waals surface area contributed by atoms with Gasteiger partial charge in [-0.3, -0.25) is 9.48 Å². The summed E-state index contributed by atoms with van der Waals surface area (Å²) in [6.45, 7) is 0.643. The number of carbonyl (C=O) groups excluding carboxylic acids is 1. The summed E-state index contributed by atoms with van der Waals surface area (Å²) >= 11 is 9.08. The number of anilines is 1. The molecule has 3 aromatic heterocycles. The number of rotatable bonds is 7. The molecule has 0 bridgehead atoms. The summed E-state index contributed by atoms with van der Waals surface area (Å²) in [6, 6.07) is 10.6. The van der Waals surface area contributed by atoms with E-state index < -0.39 is 10.8 Å². The van der Waals surface area contributed by atoms with E-state index in [1.54, 1.807) is 23.0 Å². The van der Waals surface area contributed by atoms with E-state index in [0.29, 0.717) is 23.0 Å². The first kappa shape index (κ1) is 20.8. The lowest BCUT2D eigenvalue weighted by Gasteiger charge is -2.02. The number of halogens is 2. The first-order chi connectivity index (χ1) is 14.9. The Labute approximate surface area is 188 Å². The molecule has 12 heteroatoms. The molecule has 0 aliphatic heterocycles. The van der Waals surface area contributed by atoms with Crippen LogP contribution in [0.25, 0.3) is 0 Å². The molecule has 0 saturated heterocycles. The zero-order valence-corrected chi connectivity index (χ0v) is 18.1. The molecule has 0 radical (unpaired) electrons. The number of nitrogens with one attached hydrogen (secondary N) is 1. The van der Waals surface area contributed by atoms with Crippen molar-refractivity contribution < 1.29 is 14.1 Å². The predicted octanol–water partition coefficient (Wildman–Crippen LogP) is 4.35. The van der Waals surface area contributed by atoms with Gasteiger partial charge in [0, 0.05) is 11.2 Å². The molecule has 0 fully saturated rings. The maximum atomic E-state index is 12.5. The van der Waals surface area contributed by atoms with Crippen LogP contribution in [0.4, 0.5) is 11.5 Å². The van der Waals surface area contributed by atoms with E-state index >= 15 is 0 Å². The van der Waals surface area contributed by atoms with Gasteiger partial charge >= 0.3 is 5.82 Å². The second-order valence-electron chi connectivity index (χ2n) is 6.53. The third-order valence-corrected chi connectivity index (χ3v) is 4.99. The summed E-state index contributed by atoms with van der Waals surface area (Å²) in [4.78, 5) is 22.8. The molecule has 0 unspecified atom stereocenters. The Morgan fingerprint density at radius 1 is 1.23 bits per heavy atom. The van der Waals surface area contributed by atoms with Crippen molar-refractivity contribution in [3.8, 4) is 0 Å². The first-order valence-electron chi connectivity index (χ1n) is 8.91. The summed E-state index contributed by atoms with van der Waals surface area (Å²) in [7, 11) is 0. The van der Waals surface area contributed by atoms with Gasteiger partial charge in [-0.1, -0.05) is 23.7 Å². The van der Waals surface area contributed by atoms with Crippen molar-refractivity contribution in [1.82, 2.24) is 19.6 Å². The minimum absolute atomic E-state index is 0.0957. The number of furan rings is 1. The van der Waals surface area contributed by atoms with E-state index in [0.717, 1.165) is 5.56 Å². The average molecular weight is 506 g/mol. The van der Waals surface area contributed by atoms with Crippen molar-refractivity contribution >= 4 is 44.9 Å². The van der Waals surface area contributed by atoms with Gasteiger partial charge in [-0.05, 0) is 50.7 Å². The fraction of sp³-hybridized carbons (Fsp3) is 0.105. The quantitative estimate of drug-likeness (QED) is 0.294. The van der Waals surface area contributed by atoms with Gasteiger partial charge in [0.2, 0.25) is 0 Å². The summed E-state index contributed by atoms with van der Waals surface area (Å²) in [5.74, 6) is -0.217. The van der Waals surface area contributed by atoms with Crippen molar-refractivity contribution in [3.05, 3.63) is 91.7 Å². The van der Waals surface area contributed by atoms with Crippen LogP contribution in [0, 0.1) is 10.1 Å². The van der Waals surface area contributed by atoms with Crippen LogP contribution < -0.4 is 5.32 Å². The van der Waals surface area contributed by atoms with Gasteiger partial charge in [0.15, 0.2) is 5.76 Å². The molecule has 0 spiro atoms. The molecule has 1 N–H and O–H groups in total. The molecular weight excluding hydrogens is 492 g/mol. The molecule has 3 heterocycles. The third kappa shape index (κ3) is 5.01. The maximum Gasteiger partial charge on any atom is 0.404 e. The molecule has 1 aromatic carbocycles. The normalized spacial score (nSPS) is 10.9. The first-order valence-corrected chi connectivity index (χ1v) is 10.1. The third-order valence-electron chi connectivity index (χ3n) is 4.20. The highest BCUT2D eigenvalue weighted by atomic mass is 79.9. The molecule has 0 atom stereocenters. The zero-order chi connectivity index (χ0) is 22.0. The number of aromatic nitrogens is 4. The predicted molar refractivity (Wildman–Crippen MR) is 115 cm³/mol. The van der Waals surface area contributed by atoms with Gasteiger partial charge < -0.3 is 19.8 Å². The van der Waals surface area contributed by atoms with Crippen molar-refractivity contribution in [2.45, 2.75) is 13.1 Å². The van der Waals surface area contributed by atoms with E-state index in [4.69, 9.17) is 16.0 Å². The van der Waals surface area contributed by atoms with E-state index in [9.17, 15) is 14.9 Å². The Morgan fingerprint density at radius 3 is 2.81 bits per heavy atom. The number of carbonyl (C=O) groups is 1. The zero-order valence-electron chi connectivity index (χ0n) is 15.7. The summed E-state index contributed by atoms with van der Waals surface area (Å²) in [6.07, 6.45) is 4.70. The lowest BCUT2D eigenvalue weighted by molar-refractivity contribution is -0.390. The SMILES string of the molecule is O=C(Nc1cnn(Cc2cccc(Cl)c2)c1)c1ccc(Cn2cc(Br)c([N+](=O)[O-])n2)o1. The monoisotopic (exact) mass is 504 g/mol. The molecule has 0 aliphatic rings. The fourth-order valence-electron chi connectivity index (χ4n) is 2.87. The number of amides is 1. The van der Waals surface area contributed by atoms with Crippen LogP contribution in [0.5, 0.6) is 0 Å². The van der Waals surface area contributed by atoms with Crippen molar-refractivity contribution in [2.24, 2.45) is 0 Å². The van der Waals surface area contributed by atoms with E-state index in [1.807, 2.05) is 18.2 Å². The van der Waals surface area contributed by atoms with Crippen molar-refractivity contribution in [1.29, 1.82) is 0 Å². The molecule has 158 valence electrons. The number of benzene rings is 1. The second kappa shape index (κ2) is 8.74. The van der Waals surface area contributed by atoms with Gasteiger partial charge in [0.05, 0.1) is 29.7 Å². The molecule has 4 rings (SSSR count). The molecule has 4 aromatic rings. The largest absolute Gasteiger partial charge is 0.454 e. The van der Waals surface area contributed by atoms with Gasteiger partial charge in [-0.2, -0.15) is 9.78 Å². The Balaban J connectivity index is 1.38. The molecule has 31 heavy (non-hydrogen) atoms. The highest BCUT2D eigenvalue weighted by Crippen LogP contribution is 2.23. The maximum absolute atomic E-state index is 12.5. The van der Waals surface area contributed by atoms with E-state index in [2.05, 4.69) is 31.4 Å². The Kier molecular flexibility index (Phi) is 5.87. The Bertz CT molecular complexity index is 1260. The second-order valence-corrected chi connectivity index (χ2v) is 7.82. The van der Waals surface area contributed by atoms with E-state index in [-0.39, 0.29) is 22.6 Å². The van der Waals surface area contributed by atoms with Crippen molar-refractivity contribution in [2.75, 3.05) is 5.32 Å². The number of nitro groups is 1. The molecular formula is C19H14BrClN6O4. The highest BCUT2D eigenvalue weighted by Gasteiger charge is 2.20. The van der Waals surface area contributed by atoms with Gasteiger partial charge in [0.1, 0.15) is 16.8 Å². The number of nitrogens with zero attached hydrogens (tertiary/aromatic N) is 5. The van der Waals surface area contributed by atoms with Crippen LogP contribution in [-0.2, 0) is 13.1 Å². The Hall–Kier alpha value is -3.44. The number of hydrogen-bond donors (Lipinski definition) is 1. The lowest BCUT2D eigenvalue weighted by atomic mass is 10.2. The van der Waals surface area contributed by atoms with Crippen LogP contribution in [0.2, 0.25) is 5.02 Å². The summed E-state index contributed by atoms with van der Waals surface area (Å²) in [5, 5.41) is 22.3. The van der Waals surface area contributed by atoms with Gasteiger partial charge in [-0.25, -0.2) is 0 Å². The highest BCUT2D eigenvalue weighted by molar-refractivity contribution is 9.10. The Morgan fingerprint density at radius 2 is 2.06 bits per heavy atom. The summed E-state index contributed by atoms with van der Waals surface area (Å²) in [5.41, 5.74) is 1.49. The topological polar surface area (TPSA) is 121 Å². The number of hydrogen-bond acceptors (Lipinski definition) is 6. The summed E-state index contributed by atoms with van der Waals surface area (Å²) < 4.78 is 8.84. The standard InChI is InChI=1S/C19H14BrClN6O4/c20-16-11-26(24-18(16)27(29)30)10-15-4-5-17(31-15)19(28)23-14-7-22-25(9-14)8-12-2-1-3-13(21)6-12/h1-7,9,11H,8,10H2,(H,23,28). The van der Waals surface area contributed by atoms with Crippen LogP contribution in [0.15, 0.2) is 63.9 Å². The molecule has 0 aliphatic carbocycles. The van der Waals surface area contributed by atoms with Gasteiger partial charge in [-0.15, -0.1) is 0 Å². The fourth-order valence-corrected chi connectivity index (χ4v) is 3.54. The molecule has 10 nitrogen and oxygen atoms in total. The van der Waals surface area contributed by atoms with Gasteiger partial charge in [0.25, 0.3) is 5.91 Å². The average Bonchev–Trinajstić information content (AvgIpc) is 3.43. The lowest BCUT2D eigenvalue weighted by Crippen LogP contribution is -2.10. The molecule has 1 amide bonds. The minimum atomic E-state index is -0.589. The van der Waals surface area contributed by atoms with Crippen LogP contribution in [0.3, 0.4) is 0 Å². The van der Waals surface area contributed by atoms with E-state index in [1.165, 1.54) is 23.1 Å². The van der Waals surface area contributed by atoms with Crippen molar-refractivity contribution in [3.63, 3.8) is 0 Å². The van der Waals surface area contributed by atoms with Crippen LogP contribution >= 0.6 is 27.5 Å². The van der Waals surface area contributed by atoms with Crippen LogP contribution in [0.1, 0.15) is 21.9 Å². The smallest absolute Gasteiger partial charge is 0.404 e. The molecule has 0 saturated carbocycles. The van der Waals surface area contributed by atoms with Crippen LogP contribution in [-0.4, -0.2) is 30.4 Å². The minimum Gasteiger partial charge on any atom is -0.454 e.